The van der Waals surface area contributed by atoms with Gasteiger partial charge in [-0.3, -0.25) is 9.36 Å². The van der Waals surface area contributed by atoms with E-state index < -0.39 is 17.8 Å². The quantitative estimate of drug-likeness (QED) is 0.371. The number of aryl methyl sites for hydroxylation is 2. The summed E-state index contributed by atoms with van der Waals surface area (Å²) in [5.74, 6) is 0.850. The van der Waals surface area contributed by atoms with Crippen molar-refractivity contribution in [2.24, 2.45) is 7.05 Å². The van der Waals surface area contributed by atoms with Crippen LogP contribution in [0.2, 0.25) is 0 Å². The number of pyridine rings is 1. The molecule has 0 amide bonds. The van der Waals surface area contributed by atoms with Crippen LogP contribution >= 0.6 is 0 Å². The second-order valence-corrected chi connectivity index (χ2v) is 8.19. The molecule has 0 unspecified atom stereocenters. The third-order valence-electron chi connectivity index (χ3n) is 5.91. The highest BCUT2D eigenvalue weighted by atomic mass is 19.3. The summed E-state index contributed by atoms with van der Waals surface area (Å²) >= 11 is 0. The van der Waals surface area contributed by atoms with Gasteiger partial charge in [0.15, 0.2) is 11.5 Å². The predicted octanol–water partition coefficient (Wildman–Crippen LogP) is 4.93. The largest absolute Gasteiger partial charge is 0.493 e. The number of anilines is 1. The van der Waals surface area contributed by atoms with Crippen molar-refractivity contribution in [3.8, 4) is 11.5 Å². The normalized spacial score (nSPS) is 11.2. The number of hydrogen-bond donors (Lipinski definition) is 1. The number of nitrogens with zero attached hydrogens (tertiary/aromatic N) is 3. The molecule has 0 saturated heterocycles. The molecule has 7 nitrogen and oxygen atoms in total. The first-order valence-electron chi connectivity index (χ1n) is 11.1. The van der Waals surface area contributed by atoms with Crippen LogP contribution in [0.5, 0.6) is 11.5 Å². The number of rotatable bonds is 8. The Bertz CT molecular complexity index is 1490. The summed E-state index contributed by atoms with van der Waals surface area (Å²) < 4.78 is 53.1. The molecule has 0 aliphatic carbocycles. The van der Waals surface area contributed by atoms with E-state index in [1.807, 2.05) is 12.1 Å². The van der Waals surface area contributed by atoms with Crippen molar-refractivity contribution in [3.05, 3.63) is 86.7 Å². The molecular weight excluding hydrogens is 473 g/mol. The molecule has 0 bridgehead atoms. The van der Waals surface area contributed by atoms with E-state index in [0.717, 1.165) is 11.6 Å². The minimum Gasteiger partial charge on any atom is -0.493 e. The molecule has 0 atom stereocenters. The van der Waals surface area contributed by atoms with Crippen molar-refractivity contribution in [3.63, 3.8) is 0 Å². The number of halogens is 3. The average molecular weight is 499 g/mol. The Morgan fingerprint density at radius 2 is 1.75 bits per heavy atom. The van der Waals surface area contributed by atoms with E-state index in [1.165, 1.54) is 30.9 Å². The van der Waals surface area contributed by atoms with Gasteiger partial charge in [-0.25, -0.2) is 23.1 Å². The first-order chi connectivity index (χ1) is 17.2. The topological polar surface area (TPSA) is 78.3 Å². The fraction of sp³-hybridized carbons (Fsp3) is 0.269. The lowest BCUT2D eigenvalue weighted by molar-refractivity contribution is 0.146. The van der Waals surface area contributed by atoms with E-state index in [-0.39, 0.29) is 24.1 Å². The predicted molar refractivity (Wildman–Crippen MR) is 131 cm³/mol. The zero-order valence-corrected chi connectivity index (χ0v) is 20.2. The van der Waals surface area contributed by atoms with E-state index in [1.54, 1.807) is 26.1 Å². The SMILES string of the molecule is COc1cccc(Cc2cc3c(NCc4cccc(C(F)F)c4F)nc(C)nc3n(C)c2=O)c1OC. The van der Waals surface area contributed by atoms with Crippen LogP contribution in [0.25, 0.3) is 11.0 Å². The van der Waals surface area contributed by atoms with Crippen molar-refractivity contribution in [1.29, 1.82) is 0 Å². The van der Waals surface area contributed by atoms with Crippen molar-refractivity contribution in [2.45, 2.75) is 26.3 Å². The second-order valence-electron chi connectivity index (χ2n) is 8.19. The van der Waals surface area contributed by atoms with Gasteiger partial charge in [-0.05, 0) is 19.1 Å². The van der Waals surface area contributed by atoms with Crippen LogP contribution in [0, 0.1) is 12.7 Å². The van der Waals surface area contributed by atoms with Crippen LogP contribution in [-0.4, -0.2) is 28.8 Å². The number of hydrogen-bond acceptors (Lipinski definition) is 6. The first-order valence-corrected chi connectivity index (χ1v) is 11.1. The first kappa shape index (κ1) is 25.0. The van der Waals surface area contributed by atoms with Crippen molar-refractivity contribution >= 4 is 16.9 Å². The Hall–Kier alpha value is -4.08. The zero-order valence-electron chi connectivity index (χ0n) is 20.2. The summed E-state index contributed by atoms with van der Waals surface area (Å²) in [5.41, 5.74) is 0.767. The van der Waals surface area contributed by atoms with Crippen LogP contribution in [0.4, 0.5) is 19.0 Å². The summed E-state index contributed by atoms with van der Waals surface area (Å²) in [6.45, 7) is 1.59. The summed E-state index contributed by atoms with van der Waals surface area (Å²) in [6, 6.07) is 11.0. The van der Waals surface area contributed by atoms with Gasteiger partial charge in [-0.1, -0.05) is 30.3 Å². The number of ether oxygens (including phenoxy) is 2. The van der Waals surface area contributed by atoms with E-state index in [4.69, 9.17) is 9.47 Å². The van der Waals surface area contributed by atoms with E-state index in [9.17, 15) is 18.0 Å². The van der Waals surface area contributed by atoms with Gasteiger partial charge in [-0.2, -0.15) is 0 Å². The Morgan fingerprint density at radius 3 is 2.44 bits per heavy atom. The van der Waals surface area contributed by atoms with Crippen LogP contribution in [0.15, 0.2) is 47.3 Å². The van der Waals surface area contributed by atoms with Gasteiger partial charge < -0.3 is 14.8 Å². The van der Waals surface area contributed by atoms with Gasteiger partial charge in [0, 0.05) is 36.7 Å². The van der Waals surface area contributed by atoms with Gasteiger partial charge in [0.25, 0.3) is 12.0 Å². The average Bonchev–Trinajstić information content (AvgIpc) is 2.86. The lowest BCUT2D eigenvalue weighted by Gasteiger charge is -2.15. The van der Waals surface area contributed by atoms with Crippen LogP contribution in [0.3, 0.4) is 0 Å². The van der Waals surface area contributed by atoms with Crippen LogP contribution < -0.4 is 20.3 Å². The lowest BCUT2D eigenvalue weighted by atomic mass is 10.0. The molecule has 2 aromatic heterocycles. The molecular formula is C26H25F3N4O3. The third kappa shape index (κ3) is 4.71. The van der Waals surface area contributed by atoms with Crippen LogP contribution in [-0.2, 0) is 20.0 Å². The number of para-hydroxylation sites is 1. The molecule has 0 aliphatic rings. The summed E-state index contributed by atoms with van der Waals surface area (Å²) in [5, 5.41) is 3.57. The van der Waals surface area contributed by atoms with E-state index in [2.05, 4.69) is 15.3 Å². The summed E-state index contributed by atoms with van der Waals surface area (Å²) in [7, 11) is 4.67. The standard InChI is InChI=1S/C26H25F3N4O3/c1-14-31-24(30-13-16-8-5-9-18(21(16)27)23(28)29)19-12-17(26(34)33(2)25(19)32-14)11-15-7-6-10-20(35-3)22(15)36-4/h5-10,12,23H,11,13H2,1-4H3,(H,30,31,32). The fourth-order valence-electron chi connectivity index (χ4n) is 4.15. The number of alkyl halides is 2. The highest BCUT2D eigenvalue weighted by Crippen LogP contribution is 2.32. The van der Waals surface area contributed by atoms with Crippen LogP contribution in [0.1, 0.15) is 34.5 Å². The van der Waals surface area contributed by atoms with Crippen molar-refractivity contribution < 1.29 is 22.6 Å². The van der Waals surface area contributed by atoms with E-state index in [0.29, 0.717) is 39.7 Å². The summed E-state index contributed by atoms with van der Waals surface area (Å²) in [6.07, 6.45) is -2.67. The molecule has 36 heavy (non-hydrogen) atoms. The molecule has 0 aliphatic heterocycles. The Labute approximate surface area is 205 Å². The highest BCUT2D eigenvalue weighted by Gasteiger charge is 2.19. The Kier molecular flexibility index (Phi) is 7.14. The molecule has 4 aromatic rings. The number of nitrogens with one attached hydrogen (secondary N) is 1. The molecule has 0 radical (unpaired) electrons. The highest BCUT2D eigenvalue weighted by molar-refractivity contribution is 5.87. The molecule has 0 fully saturated rings. The maximum atomic E-state index is 14.6. The molecule has 0 spiro atoms. The van der Waals surface area contributed by atoms with Gasteiger partial charge in [0.1, 0.15) is 23.1 Å². The smallest absolute Gasteiger partial charge is 0.266 e. The minimum absolute atomic E-state index is 0.0726. The molecule has 4 rings (SSSR count). The number of aromatic nitrogens is 3. The Balaban J connectivity index is 1.77. The maximum Gasteiger partial charge on any atom is 0.266 e. The maximum absolute atomic E-state index is 14.6. The van der Waals surface area contributed by atoms with Gasteiger partial charge in [0.2, 0.25) is 0 Å². The lowest BCUT2D eigenvalue weighted by Crippen LogP contribution is -2.23. The minimum atomic E-state index is -2.92. The van der Waals surface area contributed by atoms with Crippen molar-refractivity contribution in [2.75, 3.05) is 19.5 Å². The Morgan fingerprint density at radius 1 is 1.03 bits per heavy atom. The molecule has 0 saturated carbocycles. The molecule has 10 heteroatoms. The second kappa shape index (κ2) is 10.3. The van der Waals surface area contributed by atoms with Gasteiger partial charge in [-0.15, -0.1) is 0 Å². The zero-order chi connectivity index (χ0) is 26.0. The van der Waals surface area contributed by atoms with E-state index >= 15 is 0 Å². The number of fused-ring (bicyclic) bond motifs is 1. The monoisotopic (exact) mass is 498 g/mol. The fourth-order valence-corrected chi connectivity index (χ4v) is 4.15. The van der Waals surface area contributed by atoms with Gasteiger partial charge >= 0.3 is 0 Å². The number of benzene rings is 2. The molecule has 2 heterocycles. The number of methoxy groups -OCH3 is 2. The molecule has 2 aromatic carbocycles. The third-order valence-corrected chi connectivity index (χ3v) is 5.91. The van der Waals surface area contributed by atoms with Crippen molar-refractivity contribution in [1.82, 2.24) is 14.5 Å². The van der Waals surface area contributed by atoms with Gasteiger partial charge in [0.05, 0.1) is 25.2 Å². The molecule has 1 N–H and O–H groups in total. The summed E-state index contributed by atoms with van der Waals surface area (Å²) in [4.78, 5) is 22.0. The molecule has 188 valence electrons.